The minimum absolute atomic E-state index is 0.508. The van der Waals surface area contributed by atoms with Gasteiger partial charge >= 0.3 is 0 Å². The maximum absolute atomic E-state index is 2.50. The summed E-state index contributed by atoms with van der Waals surface area (Å²) in [5.41, 5.74) is 2.22. The van der Waals surface area contributed by atoms with Gasteiger partial charge < -0.3 is 0 Å². The van der Waals surface area contributed by atoms with E-state index >= 15 is 0 Å². The summed E-state index contributed by atoms with van der Waals surface area (Å²) in [7, 11) is 0. The fourth-order valence-corrected chi connectivity index (χ4v) is 2.22. The zero-order valence-corrected chi connectivity index (χ0v) is 9.69. The molecule has 1 unspecified atom stereocenters. The number of hydrogen-bond acceptors (Lipinski definition) is 0. The van der Waals surface area contributed by atoms with Gasteiger partial charge in [0.2, 0.25) is 0 Å². The molecule has 0 radical (unpaired) electrons. The molecule has 0 heteroatoms. The Morgan fingerprint density at radius 3 is 2.46 bits per heavy atom. The smallest absolute Gasteiger partial charge is 0.0314 e. The Morgan fingerprint density at radius 1 is 1.38 bits per heavy atom. The first-order chi connectivity index (χ1) is 6.04. The van der Waals surface area contributed by atoms with Crippen molar-refractivity contribution in [1.29, 1.82) is 0 Å². The van der Waals surface area contributed by atoms with Crippen molar-refractivity contribution in [2.75, 3.05) is 0 Å². The van der Waals surface area contributed by atoms with Crippen molar-refractivity contribution in [3.63, 3.8) is 0 Å². The summed E-state index contributed by atoms with van der Waals surface area (Å²) < 4.78 is 0. The van der Waals surface area contributed by atoms with Crippen LogP contribution in [0.3, 0.4) is 0 Å². The molecular formula is C13H24. The van der Waals surface area contributed by atoms with Gasteiger partial charge in [-0.25, -0.2) is 0 Å². The Bertz CT molecular complexity index is 181. The zero-order chi connectivity index (χ0) is 9.90. The van der Waals surface area contributed by atoms with Gasteiger partial charge in [-0.15, -0.1) is 0 Å². The van der Waals surface area contributed by atoms with Gasteiger partial charge in [0.05, 0.1) is 0 Å². The van der Waals surface area contributed by atoms with E-state index in [-0.39, 0.29) is 0 Å². The van der Waals surface area contributed by atoms with Crippen molar-refractivity contribution >= 4 is 0 Å². The number of hydrogen-bond donors (Lipinski definition) is 0. The molecule has 0 nitrogen and oxygen atoms in total. The molecule has 1 aliphatic rings. The summed E-state index contributed by atoms with van der Waals surface area (Å²) >= 11 is 0. The molecule has 1 aliphatic carbocycles. The lowest BCUT2D eigenvalue weighted by Gasteiger charge is -2.33. The quantitative estimate of drug-likeness (QED) is 0.546. The molecule has 0 aliphatic heterocycles. The van der Waals surface area contributed by atoms with E-state index in [0.717, 1.165) is 5.92 Å². The van der Waals surface area contributed by atoms with Crippen LogP contribution >= 0.6 is 0 Å². The molecule has 0 N–H and O–H groups in total. The lowest BCUT2D eigenvalue weighted by molar-refractivity contribution is 0.220. The third-order valence-corrected chi connectivity index (χ3v) is 3.30. The monoisotopic (exact) mass is 180 g/mol. The second kappa shape index (κ2) is 4.30. The van der Waals surface area contributed by atoms with Gasteiger partial charge in [-0.05, 0) is 37.0 Å². The average Bonchev–Trinajstić information content (AvgIpc) is 2.04. The van der Waals surface area contributed by atoms with E-state index in [2.05, 4.69) is 33.8 Å². The normalized spacial score (nSPS) is 24.3. The number of allylic oxidation sites excluding steroid dienone is 2. The lowest BCUT2D eigenvalue weighted by Crippen LogP contribution is -2.22. The van der Waals surface area contributed by atoms with E-state index in [0.29, 0.717) is 5.41 Å². The third-order valence-electron chi connectivity index (χ3n) is 3.30. The van der Waals surface area contributed by atoms with Crippen LogP contribution in [0.2, 0.25) is 0 Å². The fourth-order valence-electron chi connectivity index (χ4n) is 2.22. The van der Waals surface area contributed by atoms with Gasteiger partial charge in [0.15, 0.2) is 0 Å². The highest BCUT2D eigenvalue weighted by molar-refractivity contribution is 5.07. The molecule has 13 heavy (non-hydrogen) atoms. The van der Waals surface area contributed by atoms with Crippen molar-refractivity contribution in [1.82, 2.24) is 0 Å². The molecular weight excluding hydrogens is 156 g/mol. The predicted molar refractivity (Wildman–Crippen MR) is 59.8 cm³/mol. The van der Waals surface area contributed by atoms with E-state index in [4.69, 9.17) is 0 Å². The second-order valence-corrected chi connectivity index (χ2v) is 5.45. The van der Waals surface area contributed by atoms with Crippen LogP contribution in [-0.4, -0.2) is 0 Å². The first kappa shape index (κ1) is 10.8. The van der Waals surface area contributed by atoms with Crippen LogP contribution < -0.4 is 0 Å². The highest BCUT2D eigenvalue weighted by Gasteiger charge is 2.25. The molecule has 0 aromatic heterocycles. The highest BCUT2D eigenvalue weighted by Crippen LogP contribution is 2.37. The van der Waals surface area contributed by atoms with Gasteiger partial charge in [-0.1, -0.05) is 45.8 Å². The van der Waals surface area contributed by atoms with E-state index < -0.39 is 0 Å². The first-order valence-corrected chi connectivity index (χ1v) is 5.72. The minimum Gasteiger partial charge on any atom is -0.0850 e. The molecule has 1 rings (SSSR count). The maximum Gasteiger partial charge on any atom is -0.0314 e. The molecule has 0 fully saturated rings. The predicted octanol–water partition coefficient (Wildman–Crippen LogP) is 4.56. The average molecular weight is 180 g/mol. The van der Waals surface area contributed by atoms with E-state index in [1.807, 2.05) is 0 Å². The van der Waals surface area contributed by atoms with Gasteiger partial charge in [0.1, 0.15) is 0 Å². The molecule has 0 saturated carbocycles. The van der Waals surface area contributed by atoms with Crippen LogP contribution in [0.25, 0.3) is 0 Å². The topological polar surface area (TPSA) is 0 Å². The lowest BCUT2D eigenvalue weighted by atomic mass is 9.73. The van der Waals surface area contributed by atoms with Gasteiger partial charge in [-0.3, -0.25) is 0 Å². The SMILES string of the molecule is CCCC1=CCC(C(C)(C)C)CC1. The fraction of sp³-hybridized carbons (Fsp3) is 0.846. The molecule has 0 saturated heterocycles. The summed E-state index contributed by atoms with van der Waals surface area (Å²) in [5.74, 6) is 0.910. The van der Waals surface area contributed by atoms with Crippen LogP contribution in [0, 0.1) is 11.3 Å². The molecule has 0 spiro atoms. The Morgan fingerprint density at radius 2 is 2.08 bits per heavy atom. The zero-order valence-electron chi connectivity index (χ0n) is 9.69. The largest absolute Gasteiger partial charge is 0.0850 e. The Kier molecular flexibility index (Phi) is 3.58. The van der Waals surface area contributed by atoms with Crippen molar-refractivity contribution < 1.29 is 0 Å². The van der Waals surface area contributed by atoms with Crippen molar-refractivity contribution in [2.45, 2.75) is 59.8 Å². The van der Waals surface area contributed by atoms with Crippen LogP contribution in [-0.2, 0) is 0 Å². The van der Waals surface area contributed by atoms with Gasteiger partial charge in [0, 0.05) is 0 Å². The summed E-state index contributed by atoms with van der Waals surface area (Å²) in [4.78, 5) is 0. The number of rotatable bonds is 2. The Labute approximate surface area is 83.4 Å². The van der Waals surface area contributed by atoms with Crippen LogP contribution in [0.1, 0.15) is 59.8 Å². The van der Waals surface area contributed by atoms with Crippen LogP contribution in [0.5, 0.6) is 0 Å². The summed E-state index contributed by atoms with van der Waals surface area (Å²) in [6, 6.07) is 0. The van der Waals surface area contributed by atoms with E-state index in [1.165, 1.54) is 32.1 Å². The Balaban J connectivity index is 2.46. The molecule has 1 atom stereocenters. The maximum atomic E-state index is 2.50. The Hall–Kier alpha value is -0.260. The molecule has 0 heterocycles. The van der Waals surface area contributed by atoms with Crippen molar-refractivity contribution in [3.05, 3.63) is 11.6 Å². The standard InChI is InChI=1S/C13H24/c1-5-6-11-7-9-12(10-8-11)13(2,3)4/h7,12H,5-6,8-10H2,1-4H3. The first-order valence-electron chi connectivity index (χ1n) is 5.72. The highest BCUT2D eigenvalue weighted by atomic mass is 14.3. The minimum atomic E-state index is 0.508. The molecule has 0 amide bonds. The molecule has 76 valence electrons. The molecule has 0 aromatic carbocycles. The van der Waals surface area contributed by atoms with E-state index in [1.54, 1.807) is 5.57 Å². The molecule has 0 bridgehead atoms. The van der Waals surface area contributed by atoms with Crippen molar-refractivity contribution in [2.24, 2.45) is 11.3 Å². The summed E-state index contributed by atoms with van der Waals surface area (Å²) in [5, 5.41) is 0. The second-order valence-electron chi connectivity index (χ2n) is 5.45. The summed E-state index contributed by atoms with van der Waals surface area (Å²) in [6.45, 7) is 9.39. The third kappa shape index (κ3) is 3.17. The summed E-state index contributed by atoms with van der Waals surface area (Å²) in [6.07, 6.45) is 9.23. The molecule has 0 aromatic rings. The van der Waals surface area contributed by atoms with Gasteiger partial charge in [0.25, 0.3) is 0 Å². The van der Waals surface area contributed by atoms with Crippen LogP contribution in [0.4, 0.5) is 0 Å². The van der Waals surface area contributed by atoms with Crippen LogP contribution in [0.15, 0.2) is 11.6 Å². The van der Waals surface area contributed by atoms with Crippen molar-refractivity contribution in [3.8, 4) is 0 Å². The van der Waals surface area contributed by atoms with E-state index in [9.17, 15) is 0 Å². The van der Waals surface area contributed by atoms with Gasteiger partial charge in [-0.2, -0.15) is 0 Å².